The van der Waals surface area contributed by atoms with Crippen molar-refractivity contribution in [3.8, 4) is 0 Å². The molecule has 21 heavy (non-hydrogen) atoms. The largest absolute Gasteiger partial charge is 0.358 e. The van der Waals surface area contributed by atoms with Crippen molar-refractivity contribution in [2.45, 2.75) is 45.6 Å². The van der Waals surface area contributed by atoms with Gasteiger partial charge in [0.15, 0.2) is 0 Å². The number of nitrogens with one attached hydrogen (secondary N) is 2. The summed E-state index contributed by atoms with van der Waals surface area (Å²) in [6.07, 6.45) is 7.32. The van der Waals surface area contributed by atoms with Gasteiger partial charge in [0.2, 0.25) is 5.91 Å². The lowest BCUT2D eigenvalue weighted by Crippen LogP contribution is -2.46. The number of hydrogen-bond donors (Lipinski definition) is 2. The zero-order chi connectivity index (χ0) is 15.2. The number of nitrogens with zero attached hydrogens (tertiary/aromatic N) is 1. The second-order valence-corrected chi connectivity index (χ2v) is 6.93. The molecular formula is C17H31N3O. The van der Waals surface area contributed by atoms with Crippen molar-refractivity contribution in [3.05, 3.63) is 11.6 Å². The number of carbonyl (C=O) groups excluding carboxylic acids is 1. The third-order valence-electron chi connectivity index (χ3n) is 4.81. The number of likely N-dealkylation sites (N-methyl/N-ethyl adjacent to an activating group) is 1. The van der Waals surface area contributed by atoms with Gasteiger partial charge in [-0.3, -0.25) is 9.69 Å². The van der Waals surface area contributed by atoms with E-state index in [-0.39, 0.29) is 5.91 Å². The Morgan fingerprint density at radius 1 is 1.38 bits per heavy atom. The van der Waals surface area contributed by atoms with Gasteiger partial charge in [0, 0.05) is 26.2 Å². The van der Waals surface area contributed by atoms with Crippen LogP contribution in [0.25, 0.3) is 0 Å². The number of carbonyl (C=O) groups is 1. The molecule has 1 saturated heterocycles. The average Bonchev–Trinajstić information content (AvgIpc) is 2.45. The normalized spacial score (nSPS) is 28.2. The highest BCUT2D eigenvalue weighted by Crippen LogP contribution is 2.27. The summed E-state index contributed by atoms with van der Waals surface area (Å²) in [7, 11) is 1.71. The molecule has 0 bridgehead atoms. The highest BCUT2D eigenvalue weighted by atomic mass is 16.1. The number of amides is 1. The molecule has 0 aromatic carbocycles. The van der Waals surface area contributed by atoms with E-state index in [4.69, 9.17) is 0 Å². The monoisotopic (exact) mass is 293 g/mol. The molecule has 1 aliphatic heterocycles. The summed E-state index contributed by atoms with van der Waals surface area (Å²) in [6.45, 7) is 8.35. The minimum absolute atomic E-state index is 0.125. The molecule has 2 N–H and O–H groups in total. The Kier molecular flexibility index (Phi) is 6.24. The van der Waals surface area contributed by atoms with Gasteiger partial charge in [0.05, 0.1) is 6.54 Å². The molecule has 120 valence electrons. The first-order valence-corrected chi connectivity index (χ1v) is 8.40. The molecule has 0 spiro atoms. The van der Waals surface area contributed by atoms with E-state index in [0.717, 1.165) is 44.3 Å². The molecule has 2 unspecified atom stereocenters. The van der Waals surface area contributed by atoms with E-state index in [0.29, 0.717) is 12.6 Å². The lowest BCUT2D eigenvalue weighted by molar-refractivity contribution is -0.122. The zero-order valence-electron chi connectivity index (χ0n) is 13.8. The molecular weight excluding hydrogens is 262 g/mol. The third kappa shape index (κ3) is 5.44. The Morgan fingerprint density at radius 3 is 2.71 bits per heavy atom. The van der Waals surface area contributed by atoms with E-state index in [9.17, 15) is 4.79 Å². The van der Waals surface area contributed by atoms with Crippen molar-refractivity contribution in [2.24, 2.45) is 11.8 Å². The van der Waals surface area contributed by atoms with Gasteiger partial charge in [0.25, 0.3) is 0 Å². The van der Waals surface area contributed by atoms with Gasteiger partial charge in [0.1, 0.15) is 0 Å². The van der Waals surface area contributed by atoms with E-state index < -0.39 is 0 Å². The van der Waals surface area contributed by atoms with E-state index in [1.807, 2.05) is 0 Å². The Bertz CT molecular complexity index is 372. The summed E-state index contributed by atoms with van der Waals surface area (Å²) in [5.74, 6) is 1.66. The lowest BCUT2D eigenvalue weighted by atomic mass is 9.83. The Morgan fingerprint density at radius 2 is 2.10 bits per heavy atom. The fourth-order valence-electron chi connectivity index (χ4n) is 3.75. The summed E-state index contributed by atoms with van der Waals surface area (Å²) < 4.78 is 0. The Labute approximate surface area is 129 Å². The number of rotatable bonds is 5. The SMILES string of the molecule is CNC(=O)CN1CCC(NCC2CC(C)=CC(C)C2)CC1. The average molecular weight is 293 g/mol. The van der Waals surface area contributed by atoms with Crippen molar-refractivity contribution in [1.82, 2.24) is 15.5 Å². The molecule has 2 rings (SSSR count). The quantitative estimate of drug-likeness (QED) is 0.760. The Hall–Kier alpha value is -0.870. The molecule has 2 aliphatic rings. The maximum atomic E-state index is 11.4. The molecule has 4 heteroatoms. The summed E-state index contributed by atoms with van der Waals surface area (Å²) >= 11 is 0. The van der Waals surface area contributed by atoms with Gasteiger partial charge in [-0.15, -0.1) is 0 Å². The zero-order valence-corrected chi connectivity index (χ0v) is 13.8. The molecule has 1 amide bonds. The fourth-order valence-corrected chi connectivity index (χ4v) is 3.75. The molecule has 1 fully saturated rings. The third-order valence-corrected chi connectivity index (χ3v) is 4.81. The van der Waals surface area contributed by atoms with Gasteiger partial charge in [-0.25, -0.2) is 0 Å². The van der Waals surface area contributed by atoms with Crippen molar-refractivity contribution in [3.63, 3.8) is 0 Å². The first-order chi connectivity index (χ1) is 10.1. The minimum atomic E-state index is 0.125. The van der Waals surface area contributed by atoms with Crippen LogP contribution in [0.15, 0.2) is 11.6 Å². The molecule has 0 aromatic heterocycles. The van der Waals surface area contributed by atoms with Crippen LogP contribution in [0, 0.1) is 11.8 Å². The number of likely N-dealkylation sites (tertiary alicyclic amines) is 1. The highest BCUT2D eigenvalue weighted by Gasteiger charge is 2.22. The summed E-state index contributed by atoms with van der Waals surface area (Å²) in [6, 6.07) is 0.632. The van der Waals surface area contributed by atoms with Crippen LogP contribution in [0.1, 0.15) is 39.5 Å². The van der Waals surface area contributed by atoms with Crippen LogP contribution in [0.2, 0.25) is 0 Å². The van der Waals surface area contributed by atoms with Crippen molar-refractivity contribution in [2.75, 3.05) is 33.2 Å². The van der Waals surface area contributed by atoms with Crippen LogP contribution in [-0.4, -0.2) is 50.1 Å². The Balaban J connectivity index is 1.65. The minimum Gasteiger partial charge on any atom is -0.358 e. The highest BCUT2D eigenvalue weighted by molar-refractivity contribution is 5.77. The number of piperidine rings is 1. The maximum Gasteiger partial charge on any atom is 0.233 e. The lowest BCUT2D eigenvalue weighted by Gasteiger charge is -2.33. The van der Waals surface area contributed by atoms with Crippen LogP contribution < -0.4 is 10.6 Å². The van der Waals surface area contributed by atoms with Gasteiger partial charge in [-0.2, -0.15) is 0 Å². The molecule has 0 radical (unpaired) electrons. The smallest absolute Gasteiger partial charge is 0.233 e. The van der Waals surface area contributed by atoms with E-state index in [2.05, 4.69) is 35.5 Å². The van der Waals surface area contributed by atoms with Crippen LogP contribution >= 0.6 is 0 Å². The van der Waals surface area contributed by atoms with Gasteiger partial charge in [-0.05, 0) is 51.0 Å². The van der Waals surface area contributed by atoms with Crippen molar-refractivity contribution in [1.29, 1.82) is 0 Å². The second-order valence-electron chi connectivity index (χ2n) is 6.93. The topological polar surface area (TPSA) is 44.4 Å². The van der Waals surface area contributed by atoms with Crippen LogP contribution in [0.4, 0.5) is 0 Å². The standard InChI is InChI=1S/C17H31N3O/c1-13-8-14(2)10-15(9-13)11-19-16-4-6-20(7-5-16)12-17(21)18-3/h8,13,15-16,19H,4-7,9-12H2,1-3H3,(H,18,21). The van der Waals surface area contributed by atoms with Crippen molar-refractivity contribution >= 4 is 5.91 Å². The molecule has 1 aliphatic carbocycles. The molecule has 0 saturated carbocycles. The van der Waals surface area contributed by atoms with Gasteiger partial charge >= 0.3 is 0 Å². The first kappa shape index (κ1) is 16.5. The van der Waals surface area contributed by atoms with E-state index in [1.165, 1.54) is 12.8 Å². The maximum absolute atomic E-state index is 11.4. The molecule has 0 aromatic rings. The first-order valence-electron chi connectivity index (χ1n) is 8.40. The number of hydrogen-bond acceptors (Lipinski definition) is 3. The summed E-state index contributed by atoms with van der Waals surface area (Å²) in [5.41, 5.74) is 1.56. The van der Waals surface area contributed by atoms with Crippen molar-refractivity contribution < 1.29 is 4.79 Å². The van der Waals surface area contributed by atoms with Crippen LogP contribution in [0.3, 0.4) is 0 Å². The summed E-state index contributed by atoms with van der Waals surface area (Å²) in [4.78, 5) is 13.6. The van der Waals surface area contributed by atoms with Gasteiger partial charge < -0.3 is 10.6 Å². The number of allylic oxidation sites excluding steroid dienone is 2. The molecule has 4 nitrogen and oxygen atoms in total. The van der Waals surface area contributed by atoms with Gasteiger partial charge in [-0.1, -0.05) is 18.6 Å². The van der Waals surface area contributed by atoms with Crippen LogP contribution in [-0.2, 0) is 4.79 Å². The van der Waals surface area contributed by atoms with E-state index in [1.54, 1.807) is 12.6 Å². The predicted octanol–water partition coefficient (Wildman–Crippen LogP) is 1.78. The fraction of sp³-hybridized carbons (Fsp3) is 0.824. The summed E-state index contributed by atoms with van der Waals surface area (Å²) in [5, 5.41) is 6.46. The van der Waals surface area contributed by atoms with E-state index >= 15 is 0 Å². The van der Waals surface area contributed by atoms with Crippen LogP contribution in [0.5, 0.6) is 0 Å². The molecule has 2 atom stereocenters. The predicted molar refractivity (Wildman–Crippen MR) is 87.2 cm³/mol. The second kappa shape index (κ2) is 7.95. The molecule has 1 heterocycles.